The number of benzene rings is 3. The Hall–Kier alpha value is -4.00. The Bertz CT molecular complexity index is 1090. The van der Waals surface area contributed by atoms with Crippen molar-refractivity contribution in [2.24, 2.45) is 0 Å². The van der Waals surface area contributed by atoms with E-state index in [1.54, 1.807) is 18.2 Å². The van der Waals surface area contributed by atoms with Gasteiger partial charge in [-0.2, -0.15) is 0 Å². The molecule has 3 aromatic rings. The summed E-state index contributed by atoms with van der Waals surface area (Å²) >= 11 is 0. The maximum absolute atomic E-state index is 12.9. The van der Waals surface area contributed by atoms with E-state index in [1.807, 2.05) is 48.5 Å². The molecule has 0 aliphatic carbocycles. The van der Waals surface area contributed by atoms with Gasteiger partial charge < -0.3 is 16.0 Å². The Balaban J connectivity index is 1.32. The van der Waals surface area contributed by atoms with E-state index in [0.717, 1.165) is 16.7 Å². The van der Waals surface area contributed by atoms with Crippen molar-refractivity contribution in [3.05, 3.63) is 95.8 Å². The topological polar surface area (TPSA) is 87.3 Å². The lowest BCUT2D eigenvalue weighted by Crippen LogP contribution is -2.40. The molecule has 0 aliphatic heterocycles. The largest absolute Gasteiger partial charge is 0.353 e. The molecular weight excluding hydrogens is 421 g/mol. The number of hydrogen-bond acceptors (Lipinski definition) is 3. The quantitative estimate of drug-likeness (QED) is 0.418. The van der Waals surface area contributed by atoms with Crippen LogP contribution in [0.25, 0.3) is 11.1 Å². The number of rotatable bonds is 10. The first-order valence-electron chi connectivity index (χ1n) is 10.7. The second-order valence-corrected chi connectivity index (χ2v) is 7.46. The first-order valence-corrected chi connectivity index (χ1v) is 10.7. The molecule has 0 saturated heterocycles. The molecule has 3 N–H and O–H groups in total. The Morgan fingerprint density at radius 1 is 0.697 bits per heavy atom. The standard InChI is InChI=1S/C26H26FN3O3/c27-23-12-9-19(10-13-23)11-14-24(31)30-18-25(32)28-15-16-29-26(33)22-8-4-7-21(17-22)20-5-2-1-3-6-20/h1-10,12-13,17H,11,14-16,18H2,(H,28,32)(H,29,33)(H,30,31). The van der Waals surface area contributed by atoms with Crippen LogP contribution in [-0.4, -0.2) is 37.4 Å². The number of carbonyl (C=O) groups excluding carboxylic acids is 3. The molecule has 0 bridgehead atoms. The number of amides is 3. The third-order valence-corrected chi connectivity index (χ3v) is 4.96. The predicted molar refractivity (Wildman–Crippen MR) is 125 cm³/mol. The van der Waals surface area contributed by atoms with Gasteiger partial charge in [-0.15, -0.1) is 0 Å². The fourth-order valence-corrected chi connectivity index (χ4v) is 3.19. The molecule has 0 atom stereocenters. The van der Waals surface area contributed by atoms with E-state index in [4.69, 9.17) is 0 Å². The zero-order valence-electron chi connectivity index (χ0n) is 18.1. The number of halogens is 1. The summed E-state index contributed by atoms with van der Waals surface area (Å²) in [5.41, 5.74) is 3.36. The van der Waals surface area contributed by atoms with Crippen molar-refractivity contribution >= 4 is 17.7 Å². The average molecular weight is 448 g/mol. The van der Waals surface area contributed by atoms with E-state index in [1.165, 1.54) is 12.1 Å². The van der Waals surface area contributed by atoms with Crippen LogP contribution < -0.4 is 16.0 Å². The van der Waals surface area contributed by atoms with E-state index in [2.05, 4.69) is 16.0 Å². The third-order valence-electron chi connectivity index (χ3n) is 4.96. The maximum Gasteiger partial charge on any atom is 0.251 e. The lowest BCUT2D eigenvalue weighted by atomic mass is 10.0. The highest BCUT2D eigenvalue weighted by Crippen LogP contribution is 2.19. The minimum Gasteiger partial charge on any atom is -0.353 e. The molecular formula is C26H26FN3O3. The fourth-order valence-electron chi connectivity index (χ4n) is 3.19. The molecule has 0 saturated carbocycles. The van der Waals surface area contributed by atoms with E-state index in [-0.39, 0.29) is 49.6 Å². The highest BCUT2D eigenvalue weighted by molar-refractivity contribution is 5.95. The summed E-state index contributed by atoms with van der Waals surface area (Å²) in [6, 6.07) is 23.1. The Morgan fingerprint density at radius 3 is 2.15 bits per heavy atom. The zero-order valence-corrected chi connectivity index (χ0v) is 18.1. The lowest BCUT2D eigenvalue weighted by molar-refractivity contribution is -0.126. The molecule has 3 amide bonds. The number of aryl methyl sites for hydroxylation is 1. The van der Waals surface area contributed by atoms with E-state index in [0.29, 0.717) is 12.0 Å². The molecule has 0 unspecified atom stereocenters. The predicted octanol–water partition coefficient (Wildman–Crippen LogP) is 3.09. The molecule has 0 spiro atoms. The van der Waals surface area contributed by atoms with Gasteiger partial charge in [-0.3, -0.25) is 14.4 Å². The zero-order chi connectivity index (χ0) is 23.5. The average Bonchev–Trinajstić information content (AvgIpc) is 2.85. The highest BCUT2D eigenvalue weighted by atomic mass is 19.1. The van der Waals surface area contributed by atoms with Gasteiger partial charge in [0.25, 0.3) is 5.91 Å². The van der Waals surface area contributed by atoms with E-state index in [9.17, 15) is 18.8 Å². The molecule has 7 heteroatoms. The van der Waals surface area contributed by atoms with Gasteiger partial charge in [0.05, 0.1) is 6.54 Å². The van der Waals surface area contributed by atoms with Gasteiger partial charge in [-0.1, -0.05) is 54.6 Å². The van der Waals surface area contributed by atoms with Crippen LogP contribution in [0.3, 0.4) is 0 Å². The molecule has 3 rings (SSSR count). The molecule has 6 nitrogen and oxygen atoms in total. The summed E-state index contributed by atoms with van der Waals surface area (Å²) in [6.07, 6.45) is 0.669. The summed E-state index contributed by atoms with van der Waals surface area (Å²) in [4.78, 5) is 36.2. The lowest BCUT2D eigenvalue weighted by Gasteiger charge is -2.09. The SMILES string of the molecule is O=C(CCc1ccc(F)cc1)NCC(=O)NCCNC(=O)c1cccc(-c2ccccc2)c1. The minimum atomic E-state index is -0.342. The molecule has 0 heterocycles. The first-order chi connectivity index (χ1) is 16.0. The van der Waals surface area contributed by atoms with Crippen molar-refractivity contribution in [1.29, 1.82) is 0 Å². The van der Waals surface area contributed by atoms with Gasteiger partial charge in [-0.05, 0) is 47.4 Å². The molecule has 3 aromatic carbocycles. The summed E-state index contributed by atoms with van der Waals surface area (Å²) < 4.78 is 12.9. The van der Waals surface area contributed by atoms with Gasteiger partial charge in [0.2, 0.25) is 11.8 Å². The summed E-state index contributed by atoms with van der Waals surface area (Å²) in [6.45, 7) is 0.363. The number of nitrogens with one attached hydrogen (secondary N) is 3. The van der Waals surface area contributed by atoms with Crippen LogP contribution in [0.4, 0.5) is 4.39 Å². The number of carbonyl (C=O) groups is 3. The van der Waals surface area contributed by atoms with Crippen LogP contribution in [-0.2, 0) is 16.0 Å². The second-order valence-electron chi connectivity index (χ2n) is 7.46. The van der Waals surface area contributed by atoms with E-state index >= 15 is 0 Å². The van der Waals surface area contributed by atoms with Crippen molar-refractivity contribution in [3.63, 3.8) is 0 Å². The molecule has 0 aliphatic rings. The van der Waals surface area contributed by atoms with Crippen LogP contribution in [0.1, 0.15) is 22.3 Å². The van der Waals surface area contributed by atoms with Crippen molar-refractivity contribution in [2.45, 2.75) is 12.8 Å². The van der Waals surface area contributed by atoms with Crippen molar-refractivity contribution in [1.82, 2.24) is 16.0 Å². The van der Waals surface area contributed by atoms with Crippen LogP contribution in [0, 0.1) is 5.82 Å². The van der Waals surface area contributed by atoms with Crippen LogP contribution >= 0.6 is 0 Å². The minimum absolute atomic E-state index is 0.144. The van der Waals surface area contributed by atoms with Gasteiger partial charge in [0.1, 0.15) is 5.82 Å². The molecule has 0 aromatic heterocycles. The first kappa shape index (κ1) is 23.7. The van der Waals surface area contributed by atoms with Crippen LogP contribution in [0.2, 0.25) is 0 Å². The summed E-state index contributed by atoms with van der Waals surface area (Å²) in [5.74, 6) is -1.15. The van der Waals surface area contributed by atoms with Gasteiger partial charge in [0.15, 0.2) is 0 Å². The van der Waals surface area contributed by atoms with Crippen LogP contribution in [0.5, 0.6) is 0 Å². The third kappa shape index (κ3) is 7.88. The monoisotopic (exact) mass is 447 g/mol. The molecule has 33 heavy (non-hydrogen) atoms. The van der Waals surface area contributed by atoms with Gasteiger partial charge >= 0.3 is 0 Å². The van der Waals surface area contributed by atoms with Crippen molar-refractivity contribution in [3.8, 4) is 11.1 Å². The molecule has 0 radical (unpaired) electrons. The summed E-state index contributed by atoms with van der Waals surface area (Å²) in [5, 5.41) is 7.97. The Kier molecular flexibility index (Phi) is 8.71. The Morgan fingerprint density at radius 2 is 1.39 bits per heavy atom. The second kappa shape index (κ2) is 12.1. The van der Waals surface area contributed by atoms with Crippen molar-refractivity contribution in [2.75, 3.05) is 19.6 Å². The fraction of sp³-hybridized carbons (Fsp3) is 0.192. The van der Waals surface area contributed by atoms with Gasteiger partial charge in [-0.25, -0.2) is 4.39 Å². The van der Waals surface area contributed by atoms with Crippen LogP contribution in [0.15, 0.2) is 78.9 Å². The smallest absolute Gasteiger partial charge is 0.251 e. The Labute approximate surface area is 192 Å². The molecule has 0 fully saturated rings. The van der Waals surface area contributed by atoms with Crippen molar-refractivity contribution < 1.29 is 18.8 Å². The summed E-state index contributed by atoms with van der Waals surface area (Å²) in [7, 11) is 0. The normalized spacial score (nSPS) is 10.3. The van der Waals surface area contributed by atoms with Gasteiger partial charge in [0, 0.05) is 25.1 Å². The van der Waals surface area contributed by atoms with E-state index < -0.39 is 0 Å². The highest BCUT2D eigenvalue weighted by Gasteiger charge is 2.08. The maximum atomic E-state index is 12.9. The molecule has 170 valence electrons. The number of hydrogen-bond donors (Lipinski definition) is 3.